The highest BCUT2D eigenvalue weighted by Gasteiger charge is 2.43. The van der Waals surface area contributed by atoms with Crippen molar-refractivity contribution in [1.82, 2.24) is 9.80 Å². The fourth-order valence-electron chi connectivity index (χ4n) is 4.82. The fraction of sp³-hybridized carbons (Fsp3) is 1.00. The molecule has 0 aromatic rings. The number of nitrogens with zero attached hydrogens (tertiary/aromatic N) is 2. The van der Waals surface area contributed by atoms with Crippen molar-refractivity contribution in [1.29, 1.82) is 0 Å². The molecule has 2 unspecified atom stereocenters. The molecule has 2 atom stereocenters. The van der Waals surface area contributed by atoms with Gasteiger partial charge in [0.15, 0.2) is 0 Å². The van der Waals surface area contributed by atoms with Crippen LogP contribution in [0.2, 0.25) is 0 Å². The molecule has 2 nitrogen and oxygen atoms in total. The Hall–Kier alpha value is -0.0800. The fourth-order valence-corrected chi connectivity index (χ4v) is 4.82. The first-order valence-electron chi connectivity index (χ1n) is 9.06. The van der Waals surface area contributed by atoms with E-state index in [9.17, 15) is 0 Å². The first-order valence-corrected chi connectivity index (χ1v) is 9.06. The van der Waals surface area contributed by atoms with E-state index < -0.39 is 0 Å². The first kappa shape index (κ1) is 14.8. The topological polar surface area (TPSA) is 6.48 Å². The minimum atomic E-state index is 0.734. The summed E-state index contributed by atoms with van der Waals surface area (Å²) in [5, 5.41) is 0. The summed E-state index contributed by atoms with van der Waals surface area (Å²) in [6.07, 6.45) is 10.3. The van der Waals surface area contributed by atoms with Crippen LogP contribution in [-0.4, -0.2) is 48.1 Å². The van der Waals surface area contributed by atoms with Crippen LogP contribution in [0.3, 0.4) is 0 Å². The number of hydrogen-bond donors (Lipinski definition) is 0. The molecule has 3 rings (SSSR count). The maximum atomic E-state index is 2.81. The molecule has 0 N–H and O–H groups in total. The standard InChI is InChI=1S/C18H34N2/c1-15(2)19-10-4-6-17(13-19)12-16(3)20-11-9-18(14-20)7-5-8-18/h15-17H,4-14H2,1-3H3. The largest absolute Gasteiger partial charge is 0.301 e. The van der Waals surface area contributed by atoms with Gasteiger partial charge in [-0.25, -0.2) is 0 Å². The molecule has 3 aliphatic rings. The monoisotopic (exact) mass is 278 g/mol. The van der Waals surface area contributed by atoms with Crippen molar-refractivity contribution in [2.45, 2.75) is 77.8 Å². The first-order chi connectivity index (χ1) is 9.58. The van der Waals surface area contributed by atoms with Gasteiger partial charge in [-0.1, -0.05) is 6.42 Å². The predicted octanol–water partition coefficient (Wildman–Crippen LogP) is 3.76. The third kappa shape index (κ3) is 3.06. The molecule has 0 aromatic carbocycles. The Morgan fingerprint density at radius 2 is 1.80 bits per heavy atom. The molecule has 0 radical (unpaired) electrons. The lowest BCUT2D eigenvalue weighted by molar-refractivity contribution is 0.0969. The highest BCUT2D eigenvalue weighted by atomic mass is 15.2. The van der Waals surface area contributed by atoms with Crippen LogP contribution in [0, 0.1) is 11.3 Å². The van der Waals surface area contributed by atoms with E-state index in [0.717, 1.165) is 23.4 Å². The zero-order valence-electron chi connectivity index (χ0n) is 13.9. The second kappa shape index (κ2) is 5.96. The molecular weight excluding hydrogens is 244 g/mol. The van der Waals surface area contributed by atoms with Crippen LogP contribution in [0.5, 0.6) is 0 Å². The van der Waals surface area contributed by atoms with Crippen LogP contribution >= 0.6 is 0 Å². The van der Waals surface area contributed by atoms with Crippen molar-refractivity contribution >= 4 is 0 Å². The van der Waals surface area contributed by atoms with Crippen LogP contribution in [0.1, 0.15) is 65.7 Å². The van der Waals surface area contributed by atoms with Crippen molar-refractivity contribution in [3.8, 4) is 0 Å². The number of rotatable bonds is 4. The van der Waals surface area contributed by atoms with Crippen LogP contribution in [0.25, 0.3) is 0 Å². The van der Waals surface area contributed by atoms with Crippen LogP contribution in [0.15, 0.2) is 0 Å². The Morgan fingerprint density at radius 3 is 2.40 bits per heavy atom. The quantitative estimate of drug-likeness (QED) is 0.772. The van der Waals surface area contributed by atoms with Crippen molar-refractivity contribution < 1.29 is 0 Å². The van der Waals surface area contributed by atoms with E-state index in [2.05, 4.69) is 30.6 Å². The Balaban J connectivity index is 1.47. The van der Waals surface area contributed by atoms with E-state index in [1.165, 1.54) is 71.1 Å². The molecule has 3 fully saturated rings. The SMILES string of the molecule is CC(C)N1CCCC(CC(C)N2CCC3(CCC3)C2)C1. The second-order valence-corrected chi connectivity index (χ2v) is 8.26. The van der Waals surface area contributed by atoms with E-state index in [0.29, 0.717) is 0 Å². The summed E-state index contributed by atoms with van der Waals surface area (Å²) in [4.78, 5) is 5.51. The van der Waals surface area contributed by atoms with Gasteiger partial charge in [-0.15, -0.1) is 0 Å². The minimum Gasteiger partial charge on any atom is -0.301 e. The normalized spacial score (nSPS) is 32.7. The van der Waals surface area contributed by atoms with Gasteiger partial charge in [-0.2, -0.15) is 0 Å². The third-order valence-corrected chi connectivity index (χ3v) is 6.46. The summed E-state index contributed by atoms with van der Waals surface area (Å²) >= 11 is 0. The predicted molar refractivity (Wildman–Crippen MR) is 86.0 cm³/mol. The summed E-state index contributed by atoms with van der Waals surface area (Å²) in [7, 11) is 0. The zero-order valence-corrected chi connectivity index (χ0v) is 13.9. The molecule has 1 spiro atoms. The molecule has 2 heteroatoms. The van der Waals surface area contributed by atoms with E-state index >= 15 is 0 Å². The van der Waals surface area contributed by atoms with Gasteiger partial charge in [0.1, 0.15) is 0 Å². The molecule has 1 aliphatic carbocycles. The summed E-state index contributed by atoms with van der Waals surface area (Å²) in [5.41, 5.74) is 0.769. The van der Waals surface area contributed by atoms with Gasteiger partial charge in [-0.05, 0) is 83.7 Å². The molecule has 2 heterocycles. The maximum absolute atomic E-state index is 2.81. The minimum absolute atomic E-state index is 0.734. The van der Waals surface area contributed by atoms with Crippen molar-refractivity contribution in [2.24, 2.45) is 11.3 Å². The molecule has 116 valence electrons. The zero-order chi connectivity index (χ0) is 14.2. The lowest BCUT2D eigenvalue weighted by Crippen LogP contribution is -2.43. The Bertz CT molecular complexity index is 321. The third-order valence-electron chi connectivity index (χ3n) is 6.46. The van der Waals surface area contributed by atoms with Gasteiger partial charge < -0.3 is 9.80 Å². The van der Waals surface area contributed by atoms with Gasteiger partial charge in [0.25, 0.3) is 0 Å². The number of hydrogen-bond acceptors (Lipinski definition) is 2. The molecule has 2 saturated heterocycles. The van der Waals surface area contributed by atoms with E-state index in [1.807, 2.05) is 0 Å². The second-order valence-electron chi connectivity index (χ2n) is 8.26. The molecule has 0 amide bonds. The molecular formula is C18H34N2. The van der Waals surface area contributed by atoms with Crippen LogP contribution in [0.4, 0.5) is 0 Å². The Morgan fingerprint density at radius 1 is 1.00 bits per heavy atom. The highest BCUT2D eigenvalue weighted by molar-refractivity contribution is 4.97. The molecule has 0 bridgehead atoms. The van der Waals surface area contributed by atoms with E-state index in [-0.39, 0.29) is 0 Å². The molecule has 20 heavy (non-hydrogen) atoms. The van der Waals surface area contributed by atoms with Gasteiger partial charge in [-0.3, -0.25) is 0 Å². The lowest BCUT2D eigenvalue weighted by Gasteiger charge is -2.40. The highest BCUT2D eigenvalue weighted by Crippen LogP contribution is 2.48. The van der Waals surface area contributed by atoms with Crippen LogP contribution < -0.4 is 0 Å². The van der Waals surface area contributed by atoms with Gasteiger partial charge in [0, 0.05) is 25.2 Å². The van der Waals surface area contributed by atoms with Crippen molar-refractivity contribution in [2.75, 3.05) is 26.2 Å². The van der Waals surface area contributed by atoms with E-state index in [1.54, 1.807) is 0 Å². The number of piperidine rings is 1. The van der Waals surface area contributed by atoms with Gasteiger partial charge in [0.05, 0.1) is 0 Å². The van der Waals surface area contributed by atoms with Crippen molar-refractivity contribution in [3.63, 3.8) is 0 Å². The summed E-state index contributed by atoms with van der Waals surface area (Å²) in [6.45, 7) is 12.7. The van der Waals surface area contributed by atoms with Crippen LogP contribution in [-0.2, 0) is 0 Å². The van der Waals surface area contributed by atoms with E-state index in [4.69, 9.17) is 0 Å². The number of likely N-dealkylation sites (tertiary alicyclic amines) is 2. The summed E-state index contributed by atoms with van der Waals surface area (Å²) < 4.78 is 0. The average Bonchev–Trinajstić information content (AvgIpc) is 2.84. The molecule has 2 aliphatic heterocycles. The Labute approximate surface area is 125 Å². The Kier molecular flexibility index (Phi) is 4.42. The van der Waals surface area contributed by atoms with Crippen molar-refractivity contribution in [3.05, 3.63) is 0 Å². The van der Waals surface area contributed by atoms with Gasteiger partial charge in [0.2, 0.25) is 0 Å². The maximum Gasteiger partial charge on any atom is 0.00702 e. The smallest absolute Gasteiger partial charge is 0.00702 e. The summed E-state index contributed by atoms with van der Waals surface area (Å²) in [5.74, 6) is 0.944. The molecule has 0 aromatic heterocycles. The lowest BCUT2D eigenvalue weighted by atomic mass is 9.68. The average molecular weight is 278 g/mol. The summed E-state index contributed by atoms with van der Waals surface area (Å²) in [6, 6.07) is 1.55. The van der Waals surface area contributed by atoms with Gasteiger partial charge >= 0.3 is 0 Å². The molecule has 1 saturated carbocycles.